The van der Waals surface area contributed by atoms with Crippen LogP contribution in [0.5, 0.6) is 0 Å². The van der Waals surface area contributed by atoms with E-state index in [1.807, 2.05) is 4.90 Å². The third kappa shape index (κ3) is 2.29. The van der Waals surface area contributed by atoms with E-state index in [0.29, 0.717) is 6.54 Å². The molecule has 16 heavy (non-hydrogen) atoms. The van der Waals surface area contributed by atoms with Gasteiger partial charge in [0.1, 0.15) is 0 Å². The Bertz CT molecular complexity index is 358. The average molecular weight is 230 g/mol. The summed E-state index contributed by atoms with van der Waals surface area (Å²) >= 11 is 0. The van der Waals surface area contributed by atoms with Crippen molar-refractivity contribution in [2.24, 2.45) is 5.73 Å². The second-order valence-electron chi connectivity index (χ2n) is 4.04. The predicted octanol–water partition coefficient (Wildman–Crippen LogP) is 2.24. The molecule has 1 fully saturated rings. The zero-order valence-corrected chi connectivity index (χ0v) is 8.67. The molecule has 1 aromatic rings. The highest BCUT2D eigenvalue weighted by molar-refractivity contribution is 5.49. The zero-order valence-electron chi connectivity index (χ0n) is 8.67. The molecule has 0 unspecified atom stereocenters. The summed E-state index contributed by atoms with van der Waals surface area (Å²) in [5, 5.41) is 0. The van der Waals surface area contributed by atoms with Crippen molar-refractivity contribution in [2.45, 2.75) is 18.6 Å². The predicted molar refractivity (Wildman–Crippen MR) is 56.2 cm³/mol. The largest absolute Gasteiger partial charge is 0.416 e. The summed E-state index contributed by atoms with van der Waals surface area (Å²) in [5.74, 6) is 0. The molecule has 0 bridgehead atoms. The van der Waals surface area contributed by atoms with E-state index in [0.717, 1.165) is 30.8 Å². The van der Waals surface area contributed by atoms with Gasteiger partial charge in [0, 0.05) is 24.8 Å². The zero-order chi connectivity index (χ0) is 11.8. The molecular weight excluding hydrogens is 217 g/mol. The number of benzene rings is 1. The van der Waals surface area contributed by atoms with Crippen molar-refractivity contribution < 1.29 is 13.2 Å². The minimum Gasteiger partial charge on any atom is -0.370 e. The van der Waals surface area contributed by atoms with E-state index in [2.05, 4.69) is 0 Å². The lowest BCUT2D eigenvalue weighted by atomic mass is 10.2. The fourth-order valence-corrected chi connectivity index (χ4v) is 1.88. The highest BCUT2D eigenvalue weighted by atomic mass is 19.4. The van der Waals surface area contributed by atoms with Gasteiger partial charge in [-0.15, -0.1) is 0 Å². The van der Waals surface area contributed by atoms with Gasteiger partial charge >= 0.3 is 6.18 Å². The van der Waals surface area contributed by atoms with Crippen molar-refractivity contribution in [3.05, 3.63) is 29.8 Å². The Labute approximate surface area is 91.8 Å². The lowest BCUT2D eigenvalue weighted by Crippen LogP contribution is -2.26. The van der Waals surface area contributed by atoms with Crippen LogP contribution in [0.4, 0.5) is 18.9 Å². The molecule has 1 aromatic carbocycles. The molecule has 1 aliphatic rings. The highest BCUT2D eigenvalue weighted by Crippen LogP contribution is 2.31. The lowest BCUT2D eigenvalue weighted by Gasteiger charge is -2.18. The normalized spacial score (nSPS) is 21.5. The van der Waals surface area contributed by atoms with E-state index >= 15 is 0 Å². The molecule has 1 saturated heterocycles. The molecule has 1 atom stereocenters. The Kier molecular flexibility index (Phi) is 2.80. The Morgan fingerprint density at radius 1 is 1.19 bits per heavy atom. The van der Waals surface area contributed by atoms with Crippen LogP contribution in [-0.2, 0) is 6.18 Å². The van der Waals surface area contributed by atoms with Crippen LogP contribution in [0.2, 0.25) is 0 Å². The molecule has 1 aliphatic heterocycles. The van der Waals surface area contributed by atoms with Gasteiger partial charge in [-0.3, -0.25) is 0 Å². The topological polar surface area (TPSA) is 29.3 Å². The minimum absolute atomic E-state index is 0.127. The molecule has 0 saturated carbocycles. The number of nitrogens with two attached hydrogens (primary N) is 1. The van der Waals surface area contributed by atoms with Gasteiger partial charge in [0.05, 0.1) is 5.56 Å². The van der Waals surface area contributed by atoms with Crippen molar-refractivity contribution in [1.82, 2.24) is 0 Å². The van der Waals surface area contributed by atoms with E-state index in [1.165, 1.54) is 12.1 Å². The van der Waals surface area contributed by atoms with Crippen molar-refractivity contribution in [1.29, 1.82) is 0 Å². The number of rotatable bonds is 1. The van der Waals surface area contributed by atoms with Gasteiger partial charge in [0.2, 0.25) is 0 Å². The molecule has 0 aromatic heterocycles. The quantitative estimate of drug-likeness (QED) is 0.801. The molecule has 1 heterocycles. The molecule has 0 radical (unpaired) electrons. The number of anilines is 1. The Morgan fingerprint density at radius 3 is 2.25 bits per heavy atom. The van der Waals surface area contributed by atoms with E-state index < -0.39 is 11.7 Å². The lowest BCUT2D eigenvalue weighted by molar-refractivity contribution is -0.137. The van der Waals surface area contributed by atoms with E-state index in [9.17, 15) is 13.2 Å². The number of nitrogens with zero attached hydrogens (tertiary/aromatic N) is 1. The van der Waals surface area contributed by atoms with Crippen molar-refractivity contribution in [2.75, 3.05) is 18.0 Å². The first-order chi connectivity index (χ1) is 7.47. The first-order valence-electron chi connectivity index (χ1n) is 5.14. The maximum Gasteiger partial charge on any atom is 0.416 e. The summed E-state index contributed by atoms with van der Waals surface area (Å²) in [7, 11) is 0. The van der Waals surface area contributed by atoms with Gasteiger partial charge in [-0.05, 0) is 30.7 Å². The van der Waals surface area contributed by atoms with Crippen LogP contribution in [0, 0.1) is 0 Å². The monoisotopic (exact) mass is 230 g/mol. The highest BCUT2D eigenvalue weighted by Gasteiger charge is 2.30. The fraction of sp³-hybridized carbons (Fsp3) is 0.455. The summed E-state index contributed by atoms with van der Waals surface area (Å²) in [4.78, 5) is 2.00. The number of halogens is 3. The average Bonchev–Trinajstić information content (AvgIpc) is 2.64. The van der Waals surface area contributed by atoms with Gasteiger partial charge in [-0.1, -0.05) is 0 Å². The molecule has 0 spiro atoms. The SMILES string of the molecule is N[C@@H]1CCN(c2ccc(C(F)(F)F)cc2)C1. The first kappa shape index (κ1) is 11.3. The standard InChI is InChI=1S/C11H13F3N2/c12-11(13,14)8-1-3-10(4-2-8)16-6-5-9(15)7-16/h1-4,9H,5-7,15H2/t9-/m1/s1. The van der Waals surface area contributed by atoms with Crippen molar-refractivity contribution in [3.63, 3.8) is 0 Å². The van der Waals surface area contributed by atoms with Crippen LogP contribution in [-0.4, -0.2) is 19.1 Å². The van der Waals surface area contributed by atoms with E-state index in [4.69, 9.17) is 5.73 Å². The molecule has 2 nitrogen and oxygen atoms in total. The van der Waals surface area contributed by atoms with Crippen LogP contribution in [0.3, 0.4) is 0 Å². The maximum atomic E-state index is 12.3. The van der Waals surface area contributed by atoms with Gasteiger partial charge in [0.15, 0.2) is 0 Å². The van der Waals surface area contributed by atoms with Gasteiger partial charge in [-0.2, -0.15) is 13.2 Å². The summed E-state index contributed by atoms with van der Waals surface area (Å²) in [6.07, 6.45) is -3.37. The van der Waals surface area contributed by atoms with Gasteiger partial charge < -0.3 is 10.6 Å². The van der Waals surface area contributed by atoms with E-state index in [1.54, 1.807) is 0 Å². The molecule has 2 rings (SSSR count). The Hall–Kier alpha value is -1.23. The second kappa shape index (κ2) is 3.97. The second-order valence-corrected chi connectivity index (χ2v) is 4.04. The van der Waals surface area contributed by atoms with Crippen molar-refractivity contribution in [3.8, 4) is 0 Å². The summed E-state index contributed by atoms with van der Waals surface area (Å²) in [5.41, 5.74) is 5.94. The summed E-state index contributed by atoms with van der Waals surface area (Å²) < 4.78 is 37.0. The third-order valence-electron chi connectivity index (χ3n) is 2.78. The van der Waals surface area contributed by atoms with Crippen LogP contribution >= 0.6 is 0 Å². The molecular formula is C11H13F3N2. The number of alkyl halides is 3. The van der Waals surface area contributed by atoms with E-state index in [-0.39, 0.29) is 6.04 Å². The molecule has 0 amide bonds. The maximum absolute atomic E-state index is 12.3. The van der Waals surface area contributed by atoms with Crippen molar-refractivity contribution >= 4 is 5.69 Å². The van der Waals surface area contributed by atoms with Crippen LogP contribution < -0.4 is 10.6 Å². The smallest absolute Gasteiger partial charge is 0.370 e. The van der Waals surface area contributed by atoms with Crippen LogP contribution in [0.25, 0.3) is 0 Å². The molecule has 5 heteroatoms. The Balaban J connectivity index is 2.14. The number of hydrogen-bond donors (Lipinski definition) is 1. The molecule has 88 valence electrons. The van der Waals surface area contributed by atoms with Gasteiger partial charge in [-0.25, -0.2) is 0 Å². The summed E-state index contributed by atoms with van der Waals surface area (Å²) in [6, 6.07) is 5.35. The number of hydrogen-bond acceptors (Lipinski definition) is 2. The minimum atomic E-state index is -4.26. The summed E-state index contributed by atoms with van der Waals surface area (Å²) in [6.45, 7) is 1.53. The van der Waals surface area contributed by atoms with Crippen LogP contribution in [0.1, 0.15) is 12.0 Å². The Morgan fingerprint density at radius 2 is 1.81 bits per heavy atom. The molecule has 0 aliphatic carbocycles. The van der Waals surface area contributed by atoms with Crippen LogP contribution in [0.15, 0.2) is 24.3 Å². The van der Waals surface area contributed by atoms with Gasteiger partial charge in [0.25, 0.3) is 0 Å². The fourth-order valence-electron chi connectivity index (χ4n) is 1.88. The molecule has 2 N–H and O–H groups in total. The third-order valence-corrected chi connectivity index (χ3v) is 2.78. The first-order valence-corrected chi connectivity index (χ1v) is 5.14.